The number of unbranched alkanes of at least 4 members (excludes halogenated alkanes) is 1. The SMILES string of the molecule is CCCC(=O)CC[C@@H](CC[C@H](CC(=O)COCCOCCNC(=O)CCCS(=O)(=O)NC(=O)CCCS(=O)(=O)O)C(=O)O)C(=O)O.CCOCCOCC(=O)N[C@@H](CCCCNC(=O)c1ccc(C)cc1)C(N)=O. The number of ether oxygens (including phenoxy) is 4. The zero-order chi connectivity index (χ0) is 56.0. The van der Waals surface area contributed by atoms with Gasteiger partial charge >= 0.3 is 11.9 Å². The van der Waals surface area contributed by atoms with Gasteiger partial charge in [-0.25, -0.2) is 8.42 Å². The van der Waals surface area contributed by atoms with Crippen LogP contribution in [-0.4, -0.2) is 168 Å². The number of hydrogen-bond acceptors (Lipinski definition) is 17. The molecule has 3 atom stereocenters. The summed E-state index contributed by atoms with van der Waals surface area (Å²) in [5.41, 5.74) is 7.05. The van der Waals surface area contributed by atoms with Crippen LogP contribution in [0, 0.1) is 18.8 Å². The van der Waals surface area contributed by atoms with Crippen molar-refractivity contribution in [3.8, 4) is 0 Å². The summed E-state index contributed by atoms with van der Waals surface area (Å²) in [4.78, 5) is 106. The van der Waals surface area contributed by atoms with Gasteiger partial charge in [0.25, 0.3) is 16.0 Å². The number of nitrogens with one attached hydrogen (secondary N) is 4. The normalized spacial score (nSPS) is 12.5. The molecule has 74 heavy (non-hydrogen) atoms. The van der Waals surface area contributed by atoms with Crippen molar-refractivity contribution in [2.45, 2.75) is 117 Å². The summed E-state index contributed by atoms with van der Waals surface area (Å²) in [6.45, 7) is 7.19. The molecule has 0 radical (unpaired) electrons. The highest BCUT2D eigenvalue weighted by molar-refractivity contribution is 7.90. The van der Waals surface area contributed by atoms with Gasteiger partial charge in [-0.05, 0) is 83.8 Å². The molecule has 9 N–H and O–H groups in total. The first-order chi connectivity index (χ1) is 34.9. The highest BCUT2D eigenvalue weighted by Crippen LogP contribution is 2.21. The Morgan fingerprint density at radius 2 is 1.20 bits per heavy atom. The number of aliphatic carboxylic acids is 2. The van der Waals surface area contributed by atoms with E-state index in [0.29, 0.717) is 64.0 Å². The predicted molar refractivity (Wildman–Crippen MR) is 268 cm³/mol. The van der Waals surface area contributed by atoms with Crippen molar-refractivity contribution in [3.05, 3.63) is 35.4 Å². The lowest BCUT2D eigenvalue weighted by Gasteiger charge is -2.16. The lowest BCUT2D eigenvalue weighted by Crippen LogP contribution is -2.45. The Labute approximate surface area is 433 Å². The highest BCUT2D eigenvalue weighted by atomic mass is 32.2. The monoisotopic (exact) mass is 1100 g/mol. The van der Waals surface area contributed by atoms with E-state index in [-0.39, 0.29) is 103 Å². The number of carbonyl (C=O) groups excluding carboxylic acids is 7. The van der Waals surface area contributed by atoms with Crippen molar-refractivity contribution < 1.29 is 93.7 Å². The third kappa shape index (κ3) is 38.2. The van der Waals surface area contributed by atoms with Crippen LogP contribution >= 0.6 is 0 Å². The van der Waals surface area contributed by atoms with Gasteiger partial charge in [-0.2, -0.15) is 8.42 Å². The van der Waals surface area contributed by atoms with Crippen LogP contribution in [0.15, 0.2) is 24.3 Å². The number of nitrogens with two attached hydrogens (primary N) is 1. The summed E-state index contributed by atoms with van der Waals surface area (Å²) in [6, 6.07) is 6.57. The van der Waals surface area contributed by atoms with Crippen molar-refractivity contribution in [2.24, 2.45) is 17.6 Å². The molecule has 0 aliphatic heterocycles. The van der Waals surface area contributed by atoms with Crippen molar-refractivity contribution in [1.29, 1.82) is 0 Å². The quantitative estimate of drug-likeness (QED) is 0.0337. The van der Waals surface area contributed by atoms with Crippen LogP contribution in [-0.2, 0) is 77.4 Å². The Kier molecular flexibility index (Phi) is 37.0. The molecule has 0 heterocycles. The minimum atomic E-state index is -4.26. The van der Waals surface area contributed by atoms with Crippen LogP contribution in [0.4, 0.5) is 0 Å². The Hall–Kier alpha value is -5.45. The fraction of sp³-hybridized carbons (Fsp3) is 0.681. The van der Waals surface area contributed by atoms with Crippen LogP contribution in [0.1, 0.15) is 120 Å². The third-order valence-electron chi connectivity index (χ3n) is 10.4. The lowest BCUT2D eigenvalue weighted by atomic mass is 9.89. The maximum Gasteiger partial charge on any atom is 0.306 e. The maximum atomic E-state index is 12.2. The van der Waals surface area contributed by atoms with Gasteiger partial charge in [0.2, 0.25) is 33.7 Å². The second kappa shape index (κ2) is 39.9. The third-order valence-corrected chi connectivity index (χ3v) is 12.6. The largest absolute Gasteiger partial charge is 0.481 e. The number of amides is 5. The molecule has 0 fully saturated rings. The molecule has 0 aliphatic rings. The average molecular weight is 1100 g/mol. The zero-order valence-corrected chi connectivity index (χ0v) is 44.2. The summed E-state index contributed by atoms with van der Waals surface area (Å²) in [5, 5.41) is 26.7. The van der Waals surface area contributed by atoms with Crippen LogP contribution in [0.5, 0.6) is 0 Å². The topological polar surface area (TPSA) is 394 Å². The second-order valence-corrected chi connectivity index (χ2v) is 20.4. The van der Waals surface area contributed by atoms with E-state index in [9.17, 15) is 70.2 Å². The summed E-state index contributed by atoms with van der Waals surface area (Å²) < 4.78 is 76.1. The molecule has 0 saturated carbocycles. The average Bonchev–Trinajstić information content (AvgIpc) is 3.30. The van der Waals surface area contributed by atoms with Crippen molar-refractivity contribution in [3.63, 3.8) is 0 Å². The Morgan fingerprint density at radius 1 is 0.608 bits per heavy atom. The molecule has 1 aromatic rings. The molecule has 0 spiro atoms. The van der Waals surface area contributed by atoms with Gasteiger partial charge < -0.3 is 50.8 Å². The van der Waals surface area contributed by atoms with Gasteiger partial charge in [0.1, 0.15) is 25.0 Å². The van der Waals surface area contributed by atoms with Crippen molar-refractivity contribution >= 4 is 73.2 Å². The summed E-state index contributed by atoms with van der Waals surface area (Å²) in [7, 11) is -8.29. The number of carbonyl (C=O) groups is 9. The Balaban J connectivity index is 0.00000162. The van der Waals surface area contributed by atoms with E-state index in [2.05, 4.69) is 16.0 Å². The first-order valence-corrected chi connectivity index (χ1v) is 27.6. The molecule has 1 aromatic carbocycles. The second-order valence-electron chi connectivity index (χ2n) is 17.0. The van der Waals surface area contributed by atoms with Gasteiger partial charge in [0.05, 0.1) is 56.4 Å². The number of aryl methyl sites for hydroxylation is 1. The molecule has 25 nitrogen and oxygen atoms in total. The smallest absolute Gasteiger partial charge is 0.306 e. The molecule has 5 amide bonds. The van der Waals surface area contributed by atoms with Crippen molar-refractivity contribution in [1.82, 2.24) is 20.7 Å². The standard InChI is InChI=1S/C27H46N2O15S2.C20H31N3O5/c1-2-5-22(30)11-10-20(26(34)35)8-9-21(27(36)37)18-23(31)19-44-15-14-43-13-12-28-24(32)6-3-16-45(38,39)29-25(33)7-4-17-46(40,41)42;1-3-27-12-13-28-14-18(24)23-17(19(21)25)6-4-5-11-22-20(26)16-9-7-15(2)8-10-16/h20-21H,2-19H2,1H3,(H,28,32)(H,29,33)(H,34,35)(H,36,37)(H,40,41,42);7-10,17H,3-6,11-14H2,1-2H3,(H2,21,25)(H,22,26)(H,23,24)/t20-,21-;17-/m10/s1. The molecular formula is C47H77N5O20S2. The Bertz CT molecular complexity index is 2120. The molecule has 1 rings (SSSR count). The molecule has 27 heteroatoms. The number of carboxylic acid groups (broad SMARTS) is 2. The number of rotatable bonds is 43. The zero-order valence-electron chi connectivity index (χ0n) is 42.6. The summed E-state index contributed by atoms with van der Waals surface area (Å²) in [5.74, 6) is -8.57. The van der Waals surface area contributed by atoms with E-state index in [1.807, 2.05) is 32.9 Å². The van der Waals surface area contributed by atoms with E-state index in [4.69, 9.17) is 29.2 Å². The minimum absolute atomic E-state index is 0.00366. The molecular weight excluding hydrogens is 1020 g/mol. The van der Waals surface area contributed by atoms with E-state index in [0.717, 1.165) is 5.56 Å². The predicted octanol–water partition coefficient (Wildman–Crippen LogP) is 1.24. The van der Waals surface area contributed by atoms with E-state index >= 15 is 0 Å². The fourth-order valence-electron chi connectivity index (χ4n) is 6.48. The van der Waals surface area contributed by atoms with Crippen LogP contribution < -0.4 is 26.4 Å². The molecule has 0 aromatic heterocycles. The van der Waals surface area contributed by atoms with Gasteiger partial charge in [-0.3, -0.25) is 52.4 Å². The molecule has 422 valence electrons. The number of sulfonamides is 1. The molecule has 0 aliphatic carbocycles. The van der Waals surface area contributed by atoms with Crippen LogP contribution in [0.2, 0.25) is 0 Å². The summed E-state index contributed by atoms with van der Waals surface area (Å²) in [6.07, 6.45) is 1.65. The van der Waals surface area contributed by atoms with Gasteiger partial charge in [-0.1, -0.05) is 24.6 Å². The molecule has 0 unspecified atom stereocenters. The molecule has 0 bridgehead atoms. The minimum Gasteiger partial charge on any atom is -0.481 e. The maximum absolute atomic E-state index is 12.2. The van der Waals surface area contributed by atoms with Crippen LogP contribution in [0.3, 0.4) is 0 Å². The Morgan fingerprint density at radius 3 is 1.81 bits per heavy atom. The van der Waals surface area contributed by atoms with E-state index < -0.39 is 97.3 Å². The number of ketones is 2. The number of benzene rings is 1. The fourth-order valence-corrected chi connectivity index (χ4v) is 8.07. The van der Waals surface area contributed by atoms with Crippen LogP contribution in [0.25, 0.3) is 0 Å². The van der Waals surface area contributed by atoms with Gasteiger partial charge in [-0.15, -0.1) is 0 Å². The first kappa shape index (κ1) is 68.6. The molecule has 0 saturated heterocycles. The van der Waals surface area contributed by atoms with E-state index in [1.165, 1.54) is 0 Å². The first-order valence-electron chi connectivity index (χ1n) is 24.4. The van der Waals surface area contributed by atoms with Gasteiger partial charge in [0, 0.05) is 57.4 Å². The van der Waals surface area contributed by atoms with Crippen molar-refractivity contribution in [2.75, 3.05) is 77.5 Å². The number of hydrogen-bond donors (Lipinski definition) is 8. The highest BCUT2D eigenvalue weighted by Gasteiger charge is 2.26. The lowest BCUT2D eigenvalue weighted by molar-refractivity contribution is -0.146. The number of primary amides is 1. The number of carboxylic acids is 2. The summed E-state index contributed by atoms with van der Waals surface area (Å²) >= 11 is 0. The van der Waals surface area contributed by atoms with E-state index in [1.54, 1.807) is 16.9 Å². The van der Waals surface area contributed by atoms with Gasteiger partial charge in [0.15, 0.2) is 5.78 Å². The number of Topliss-reactive ketones (excluding diaryl/α,β-unsaturated/α-hetero) is 2.